The van der Waals surface area contributed by atoms with Gasteiger partial charge in [0.05, 0.1) is 18.4 Å². The average Bonchev–Trinajstić information content (AvgIpc) is 2.78. The van der Waals surface area contributed by atoms with Gasteiger partial charge in [-0.1, -0.05) is 18.2 Å². The number of likely N-dealkylation sites (N-methyl/N-ethyl adjacent to an activating group) is 1. The molecule has 2 rings (SSSR count). The van der Waals surface area contributed by atoms with Crippen molar-refractivity contribution >= 4 is 23.2 Å². The molecule has 21 heavy (non-hydrogen) atoms. The molecule has 7 heteroatoms. The Labute approximate surface area is 122 Å². The van der Waals surface area contributed by atoms with Gasteiger partial charge in [-0.3, -0.25) is 14.3 Å². The molecule has 110 valence electrons. The minimum atomic E-state index is -0.351. The third-order valence-corrected chi connectivity index (χ3v) is 2.95. The number of nitrogens with zero attached hydrogens (tertiary/aromatic N) is 3. The summed E-state index contributed by atoms with van der Waals surface area (Å²) in [5.41, 5.74) is 6.94. The van der Waals surface area contributed by atoms with Crippen LogP contribution in [0.5, 0.6) is 0 Å². The molecule has 0 fully saturated rings. The van der Waals surface area contributed by atoms with E-state index >= 15 is 0 Å². The highest BCUT2D eigenvalue weighted by molar-refractivity contribution is 6.00. The van der Waals surface area contributed by atoms with Crippen LogP contribution in [0.4, 0.5) is 11.4 Å². The molecule has 1 aromatic heterocycles. The normalized spacial score (nSPS) is 10.2. The topological polar surface area (TPSA) is 93.2 Å². The number of nitrogen functional groups attached to an aromatic ring is 1. The number of nitrogens with two attached hydrogens (primary N) is 1. The Morgan fingerprint density at radius 1 is 1.33 bits per heavy atom. The third-order valence-electron chi connectivity index (χ3n) is 2.95. The smallest absolute Gasteiger partial charge is 0.274 e. The summed E-state index contributed by atoms with van der Waals surface area (Å²) in [5.74, 6) is -0.631. The molecule has 0 aliphatic rings. The lowest BCUT2D eigenvalue weighted by atomic mass is 10.3. The Morgan fingerprint density at radius 3 is 2.57 bits per heavy atom. The molecular weight excluding hydrogens is 270 g/mol. The van der Waals surface area contributed by atoms with Gasteiger partial charge in [0.15, 0.2) is 0 Å². The number of anilines is 2. The Balaban J connectivity index is 1.99. The highest BCUT2D eigenvalue weighted by Crippen LogP contribution is 2.12. The van der Waals surface area contributed by atoms with Crippen LogP contribution in [0.3, 0.4) is 0 Å². The number of aryl methyl sites for hydroxylation is 1. The molecule has 2 aromatic rings. The SMILES string of the molecule is CN(CC(=O)Nc1ccccc1)C(=O)c1c(N)cnn1C. The molecule has 0 spiro atoms. The molecule has 0 bridgehead atoms. The maximum absolute atomic E-state index is 12.2. The summed E-state index contributed by atoms with van der Waals surface area (Å²) in [7, 11) is 3.17. The Hall–Kier alpha value is -2.83. The lowest BCUT2D eigenvalue weighted by Crippen LogP contribution is -2.36. The second kappa shape index (κ2) is 6.08. The lowest BCUT2D eigenvalue weighted by molar-refractivity contribution is -0.116. The number of aromatic nitrogens is 2. The number of benzene rings is 1. The van der Waals surface area contributed by atoms with Gasteiger partial charge in [0.2, 0.25) is 5.91 Å². The molecule has 0 aliphatic heterocycles. The quantitative estimate of drug-likeness (QED) is 0.866. The van der Waals surface area contributed by atoms with Gasteiger partial charge in [0.1, 0.15) is 5.69 Å². The van der Waals surface area contributed by atoms with Gasteiger partial charge in [0.25, 0.3) is 5.91 Å². The van der Waals surface area contributed by atoms with E-state index in [4.69, 9.17) is 5.73 Å². The van der Waals surface area contributed by atoms with E-state index in [0.29, 0.717) is 5.69 Å². The minimum Gasteiger partial charge on any atom is -0.396 e. The highest BCUT2D eigenvalue weighted by atomic mass is 16.2. The van der Waals surface area contributed by atoms with Gasteiger partial charge in [-0.05, 0) is 12.1 Å². The predicted octanol–water partition coefficient (Wildman–Crippen LogP) is 0.713. The van der Waals surface area contributed by atoms with Crippen LogP contribution in [0.25, 0.3) is 0 Å². The molecule has 2 amide bonds. The molecule has 0 saturated carbocycles. The summed E-state index contributed by atoms with van der Waals surface area (Å²) >= 11 is 0. The van der Waals surface area contributed by atoms with Crippen molar-refractivity contribution in [3.05, 3.63) is 42.2 Å². The van der Waals surface area contributed by atoms with E-state index in [1.165, 1.54) is 15.8 Å². The maximum Gasteiger partial charge on any atom is 0.274 e. The number of hydrogen-bond acceptors (Lipinski definition) is 4. The molecule has 0 unspecified atom stereocenters. The third kappa shape index (κ3) is 3.38. The number of amides is 2. The number of carbonyl (C=O) groups excluding carboxylic acids is 2. The van der Waals surface area contributed by atoms with Gasteiger partial charge < -0.3 is 16.0 Å². The lowest BCUT2D eigenvalue weighted by Gasteiger charge is -2.17. The first-order chi connectivity index (χ1) is 9.99. The zero-order valence-electron chi connectivity index (χ0n) is 11.9. The summed E-state index contributed by atoms with van der Waals surface area (Å²) in [4.78, 5) is 25.4. The van der Waals surface area contributed by atoms with E-state index in [0.717, 1.165) is 0 Å². The van der Waals surface area contributed by atoms with Gasteiger partial charge in [-0.25, -0.2) is 0 Å². The van der Waals surface area contributed by atoms with E-state index in [-0.39, 0.29) is 29.7 Å². The first kappa shape index (κ1) is 14.6. The van der Waals surface area contributed by atoms with Crippen LogP contribution < -0.4 is 11.1 Å². The van der Waals surface area contributed by atoms with E-state index in [2.05, 4.69) is 10.4 Å². The van der Waals surface area contributed by atoms with Gasteiger partial charge in [-0.2, -0.15) is 5.10 Å². The van der Waals surface area contributed by atoms with Crippen molar-refractivity contribution in [2.24, 2.45) is 7.05 Å². The summed E-state index contributed by atoms with van der Waals surface area (Å²) in [6.07, 6.45) is 1.41. The predicted molar refractivity (Wildman–Crippen MR) is 79.7 cm³/mol. The Morgan fingerprint density at radius 2 is 2.00 bits per heavy atom. The highest BCUT2D eigenvalue weighted by Gasteiger charge is 2.20. The molecule has 0 saturated heterocycles. The van der Waals surface area contributed by atoms with Gasteiger partial charge >= 0.3 is 0 Å². The van der Waals surface area contributed by atoms with E-state index < -0.39 is 0 Å². The summed E-state index contributed by atoms with van der Waals surface area (Å²) in [6.45, 7) is -0.0711. The van der Waals surface area contributed by atoms with Crippen LogP contribution in [0.2, 0.25) is 0 Å². The number of rotatable bonds is 4. The number of para-hydroxylation sites is 1. The number of hydrogen-bond donors (Lipinski definition) is 2. The Kier molecular flexibility index (Phi) is 4.22. The van der Waals surface area contributed by atoms with Crippen molar-refractivity contribution in [1.29, 1.82) is 0 Å². The van der Waals surface area contributed by atoms with Crippen molar-refractivity contribution in [1.82, 2.24) is 14.7 Å². The second-order valence-electron chi connectivity index (χ2n) is 4.65. The molecule has 1 aromatic carbocycles. The average molecular weight is 287 g/mol. The largest absolute Gasteiger partial charge is 0.396 e. The fourth-order valence-electron chi connectivity index (χ4n) is 1.91. The van der Waals surface area contributed by atoms with E-state index in [1.807, 2.05) is 18.2 Å². The van der Waals surface area contributed by atoms with Crippen molar-refractivity contribution in [3.8, 4) is 0 Å². The van der Waals surface area contributed by atoms with Crippen molar-refractivity contribution < 1.29 is 9.59 Å². The Bertz CT molecular complexity index is 631. The molecule has 3 N–H and O–H groups in total. The molecule has 0 aliphatic carbocycles. The monoisotopic (exact) mass is 287 g/mol. The standard InChI is InChI=1S/C14H17N5O2/c1-18(14(21)13-11(15)8-16-19(13)2)9-12(20)17-10-6-4-3-5-7-10/h3-8H,9,15H2,1-2H3,(H,17,20). The molecule has 0 atom stereocenters. The van der Waals surface area contributed by atoms with Crippen LogP contribution in [0, 0.1) is 0 Å². The van der Waals surface area contributed by atoms with Gasteiger partial charge in [0, 0.05) is 19.8 Å². The van der Waals surface area contributed by atoms with E-state index in [1.54, 1.807) is 26.2 Å². The molecule has 0 radical (unpaired) electrons. The maximum atomic E-state index is 12.2. The van der Waals surface area contributed by atoms with E-state index in [9.17, 15) is 9.59 Å². The summed E-state index contributed by atoms with van der Waals surface area (Å²) < 4.78 is 1.39. The first-order valence-corrected chi connectivity index (χ1v) is 6.37. The number of carbonyl (C=O) groups is 2. The van der Waals surface area contributed by atoms with Crippen molar-refractivity contribution in [2.45, 2.75) is 0 Å². The van der Waals surface area contributed by atoms with Crippen LogP contribution in [-0.4, -0.2) is 40.1 Å². The van der Waals surface area contributed by atoms with Gasteiger partial charge in [-0.15, -0.1) is 0 Å². The van der Waals surface area contributed by atoms with Crippen molar-refractivity contribution in [3.63, 3.8) is 0 Å². The fraction of sp³-hybridized carbons (Fsp3) is 0.214. The van der Waals surface area contributed by atoms with Crippen molar-refractivity contribution in [2.75, 3.05) is 24.6 Å². The van der Waals surface area contributed by atoms with Crippen LogP contribution in [0.1, 0.15) is 10.5 Å². The molecule has 1 heterocycles. The van der Waals surface area contributed by atoms with Crippen LogP contribution in [0.15, 0.2) is 36.5 Å². The summed E-state index contributed by atoms with van der Waals surface area (Å²) in [6, 6.07) is 9.05. The van der Waals surface area contributed by atoms with Crippen LogP contribution >= 0.6 is 0 Å². The van der Waals surface area contributed by atoms with Crippen LogP contribution in [-0.2, 0) is 11.8 Å². The summed E-state index contributed by atoms with van der Waals surface area (Å²) in [5, 5.41) is 6.63. The first-order valence-electron chi connectivity index (χ1n) is 6.37. The minimum absolute atomic E-state index is 0.0711. The number of nitrogens with one attached hydrogen (secondary N) is 1. The second-order valence-corrected chi connectivity index (χ2v) is 4.65. The fourth-order valence-corrected chi connectivity index (χ4v) is 1.91. The molecular formula is C14H17N5O2. The molecule has 7 nitrogen and oxygen atoms in total. The zero-order chi connectivity index (χ0) is 15.4. The zero-order valence-corrected chi connectivity index (χ0v) is 11.9.